The molecule has 1 aromatic rings. The zero-order valence-corrected chi connectivity index (χ0v) is 17.4. The van der Waals surface area contributed by atoms with Crippen LogP contribution in [0.15, 0.2) is 24.3 Å². The highest BCUT2D eigenvalue weighted by Gasteiger charge is 2.31. The van der Waals surface area contributed by atoms with Gasteiger partial charge in [0.1, 0.15) is 6.10 Å². The Kier molecular flexibility index (Phi) is 8.30. The molecule has 0 atom stereocenters. The Morgan fingerprint density at radius 2 is 1.64 bits per heavy atom. The van der Waals surface area contributed by atoms with E-state index in [1.54, 1.807) is 12.1 Å². The molecule has 1 aromatic carbocycles. The second kappa shape index (κ2) is 10.5. The average Bonchev–Trinajstić information content (AvgIpc) is 2.66. The van der Waals surface area contributed by atoms with E-state index in [2.05, 4.69) is 42.5 Å². The van der Waals surface area contributed by atoms with Gasteiger partial charge < -0.3 is 4.74 Å². The van der Waals surface area contributed by atoms with Crippen LogP contribution < -0.4 is 0 Å². The molecule has 156 valence electrons. The number of carbonyl (C=O) groups excluding carboxylic acids is 2. The van der Waals surface area contributed by atoms with Crippen molar-refractivity contribution in [1.82, 2.24) is 0 Å². The maximum atomic E-state index is 11.9. The number of unbranched alkanes of at least 4 members (excludes halogenated alkanes) is 1. The summed E-state index contributed by atoms with van der Waals surface area (Å²) in [5.74, 6) is -0.116. The highest BCUT2D eigenvalue weighted by Crippen LogP contribution is 2.38. The number of aryl methyl sites for hydroxylation is 1. The Hall–Kier alpha value is -2.08. The van der Waals surface area contributed by atoms with Crippen molar-refractivity contribution in [2.45, 2.75) is 78.7 Å². The van der Waals surface area contributed by atoms with Crippen LogP contribution in [0.4, 0.5) is 4.79 Å². The van der Waals surface area contributed by atoms with E-state index in [9.17, 15) is 9.59 Å². The lowest BCUT2D eigenvalue weighted by Gasteiger charge is -2.36. The maximum Gasteiger partial charge on any atom is 0.543 e. The van der Waals surface area contributed by atoms with Crippen LogP contribution in [-0.2, 0) is 26.0 Å². The number of carbonyl (C=O) groups is 2. The number of benzene rings is 1. The predicted molar refractivity (Wildman–Crippen MR) is 104 cm³/mol. The Bertz CT molecular complexity index is 623. The van der Waals surface area contributed by atoms with Gasteiger partial charge in [-0.1, -0.05) is 46.2 Å². The van der Waals surface area contributed by atoms with E-state index in [1.165, 1.54) is 0 Å². The van der Waals surface area contributed by atoms with Crippen molar-refractivity contribution in [3.63, 3.8) is 0 Å². The first-order chi connectivity index (χ1) is 13.3. The van der Waals surface area contributed by atoms with Gasteiger partial charge in [-0.25, -0.2) is 14.5 Å². The zero-order chi connectivity index (χ0) is 20.6. The summed E-state index contributed by atoms with van der Waals surface area (Å²) in [5.41, 5.74) is 1.73. The second-order valence-corrected chi connectivity index (χ2v) is 8.53. The van der Waals surface area contributed by atoms with Gasteiger partial charge in [0.25, 0.3) is 0 Å². The minimum atomic E-state index is -0.998. The molecule has 0 N–H and O–H groups in total. The monoisotopic (exact) mass is 392 g/mol. The molecule has 0 aromatic heterocycles. The molecule has 0 unspecified atom stereocenters. The lowest BCUT2D eigenvalue weighted by atomic mass is 9.72. The van der Waals surface area contributed by atoms with Crippen molar-refractivity contribution >= 4 is 12.1 Å². The first-order valence-corrected chi connectivity index (χ1v) is 10.1. The standard InChI is InChI=1S/C22H32O6/c1-5-6-7-16-8-10-17(11-9-16)20(23)26-28-27-21(24)25-19-14-12-18(13-15-19)22(2,3)4/h8-11,18-19H,5-7,12-15H2,1-4H3. The summed E-state index contributed by atoms with van der Waals surface area (Å²) < 4.78 is 5.22. The third kappa shape index (κ3) is 7.15. The molecule has 1 fully saturated rings. The minimum absolute atomic E-state index is 0.193. The van der Waals surface area contributed by atoms with Crippen LogP contribution >= 0.6 is 0 Å². The van der Waals surface area contributed by atoms with Crippen molar-refractivity contribution in [1.29, 1.82) is 0 Å². The summed E-state index contributed by atoms with van der Waals surface area (Å²) in [7, 11) is 0. The van der Waals surface area contributed by atoms with Crippen LogP contribution in [0.2, 0.25) is 0 Å². The molecule has 1 aliphatic rings. The zero-order valence-electron chi connectivity index (χ0n) is 17.4. The fourth-order valence-corrected chi connectivity index (χ4v) is 3.51. The van der Waals surface area contributed by atoms with Crippen molar-refractivity contribution in [3.8, 4) is 0 Å². The summed E-state index contributed by atoms with van der Waals surface area (Å²) in [5, 5.41) is 4.30. The maximum absolute atomic E-state index is 11.9. The molecule has 2 rings (SSSR count). The number of ether oxygens (including phenoxy) is 1. The van der Waals surface area contributed by atoms with Gasteiger partial charge in [0.05, 0.1) is 10.6 Å². The lowest BCUT2D eigenvalue weighted by molar-refractivity contribution is -0.453. The number of rotatable bonds is 7. The molecule has 1 aliphatic carbocycles. The Labute approximate surface area is 167 Å². The van der Waals surface area contributed by atoms with E-state index in [0.717, 1.165) is 50.5 Å². The third-order valence-electron chi connectivity index (χ3n) is 5.38. The van der Waals surface area contributed by atoms with E-state index in [-0.39, 0.29) is 11.5 Å². The van der Waals surface area contributed by atoms with E-state index in [1.807, 2.05) is 12.1 Å². The van der Waals surface area contributed by atoms with Crippen LogP contribution in [0.5, 0.6) is 0 Å². The molecule has 0 amide bonds. The largest absolute Gasteiger partial charge is 0.543 e. The lowest BCUT2D eigenvalue weighted by Crippen LogP contribution is -2.30. The molecule has 0 spiro atoms. The highest BCUT2D eigenvalue weighted by atomic mass is 17.5. The van der Waals surface area contributed by atoms with Crippen LogP contribution in [0.3, 0.4) is 0 Å². The first kappa shape index (κ1) is 22.2. The van der Waals surface area contributed by atoms with Crippen molar-refractivity contribution in [3.05, 3.63) is 35.4 Å². The van der Waals surface area contributed by atoms with Crippen LogP contribution in [0, 0.1) is 11.3 Å². The fourth-order valence-electron chi connectivity index (χ4n) is 3.51. The summed E-state index contributed by atoms with van der Waals surface area (Å²) in [4.78, 5) is 32.5. The van der Waals surface area contributed by atoms with Crippen LogP contribution in [0.1, 0.15) is 82.1 Å². The van der Waals surface area contributed by atoms with E-state index >= 15 is 0 Å². The SMILES string of the molecule is CCCCc1ccc(C(=O)OOOC(=O)OC2CCC(C(C)(C)C)CC2)cc1. The van der Waals surface area contributed by atoms with E-state index < -0.39 is 12.1 Å². The molecule has 6 heteroatoms. The fraction of sp³-hybridized carbons (Fsp3) is 0.636. The van der Waals surface area contributed by atoms with Gasteiger partial charge in [-0.2, -0.15) is 0 Å². The molecule has 28 heavy (non-hydrogen) atoms. The predicted octanol–water partition coefficient (Wildman–Crippen LogP) is 5.79. The van der Waals surface area contributed by atoms with Crippen LogP contribution in [0.25, 0.3) is 0 Å². The van der Waals surface area contributed by atoms with Gasteiger partial charge >= 0.3 is 12.1 Å². The van der Waals surface area contributed by atoms with Gasteiger partial charge in [0.15, 0.2) is 0 Å². The molecular formula is C22H32O6. The Balaban J connectivity index is 1.66. The van der Waals surface area contributed by atoms with Gasteiger partial charge in [0, 0.05) is 0 Å². The Morgan fingerprint density at radius 1 is 1.00 bits per heavy atom. The number of hydrogen-bond acceptors (Lipinski definition) is 6. The van der Waals surface area contributed by atoms with Gasteiger partial charge in [0.2, 0.25) is 0 Å². The molecule has 1 saturated carbocycles. The van der Waals surface area contributed by atoms with Gasteiger partial charge in [-0.15, -0.1) is 0 Å². The van der Waals surface area contributed by atoms with E-state index in [0.29, 0.717) is 11.5 Å². The molecule has 0 bridgehead atoms. The van der Waals surface area contributed by atoms with Gasteiger partial charge in [-0.3, -0.25) is 4.89 Å². The molecule has 6 nitrogen and oxygen atoms in total. The molecule has 0 radical (unpaired) electrons. The highest BCUT2D eigenvalue weighted by molar-refractivity contribution is 5.88. The summed E-state index contributed by atoms with van der Waals surface area (Å²) in [6.07, 6.45) is 5.58. The smallest absolute Gasteiger partial charge is 0.429 e. The topological polar surface area (TPSA) is 71.1 Å². The molecule has 0 heterocycles. The molecule has 0 saturated heterocycles. The third-order valence-corrected chi connectivity index (χ3v) is 5.38. The van der Waals surface area contributed by atoms with Crippen molar-refractivity contribution < 1.29 is 29.1 Å². The average molecular weight is 392 g/mol. The number of hydrogen-bond donors (Lipinski definition) is 0. The molecule has 0 aliphatic heterocycles. The minimum Gasteiger partial charge on any atom is -0.429 e. The van der Waals surface area contributed by atoms with Crippen LogP contribution in [-0.4, -0.2) is 18.2 Å². The van der Waals surface area contributed by atoms with Crippen molar-refractivity contribution in [2.24, 2.45) is 11.3 Å². The van der Waals surface area contributed by atoms with Crippen molar-refractivity contribution in [2.75, 3.05) is 0 Å². The molecular weight excluding hydrogens is 360 g/mol. The second-order valence-electron chi connectivity index (χ2n) is 8.53. The quantitative estimate of drug-likeness (QED) is 0.332. The Morgan fingerprint density at radius 3 is 2.21 bits per heavy atom. The first-order valence-electron chi connectivity index (χ1n) is 10.1. The van der Waals surface area contributed by atoms with Gasteiger partial charge in [-0.05, 0) is 67.6 Å². The summed E-state index contributed by atoms with van der Waals surface area (Å²) in [6.45, 7) is 8.82. The summed E-state index contributed by atoms with van der Waals surface area (Å²) in [6, 6.07) is 7.05. The normalized spacial score (nSPS) is 19.7. The van der Waals surface area contributed by atoms with E-state index in [4.69, 9.17) is 4.74 Å². The summed E-state index contributed by atoms with van der Waals surface area (Å²) >= 11 is 0.